The van der Waals surface area contributed by atoms with Crippen molar-refractivity contribution in [3.8, 4) is 0 Å². The van der Waals surface area contributed by atoms with Gasteiger partial charge in [-0.3, -0.25) is 4.79 Å². The number of benzene rings is 1. The molecule has 0 saturated carbocycles. The molecule has 2 aromatic rings. The molecule has 0 aliphatic heterocycles. The highest BCUT2D eigenvalue weighted by atomic mass is 35.5. The Bertz CT molecular complexity index is 832. The van der Waals surface area contributed by atoms with Gasteiger partial charge in [-0.25, -0.2) is 4.79 Å². The number of esters is 1. The minimum atomic E-state index is -4.61. The molecule has 0 bridgehead atoms. The maximum atomic E-state index is 12.8. The van der Waals surface area contributed by atoms with Crippen molar-refractivity contribution in [1.82, 2.24) is 5.32 Å². The summed E-state index contributed by atoms with van der Waals surface area (Å²) in [7, 11) is 0. The molecular weight excluding hydrogens is 387 g/mol. The molecule has 0 saturated heterocycles. The van der Waals surface area contributed by atoms with Crippen molar-refractivity contribution in [2.45, 2.75) is 25.7 Å². The maximum absolute atomic E-state index is 12.8. The first-order chi connectivity index (χ1) is 12.7. The molecule has 1 heterocycles. The summed E-state index contributed by atoms with van der Waals surface area (Å²) >= 11 is 5.53. The fourth-order valence-corrected chi connectivity index (χ4v) is 2.25. The highest BCUT2D eigenvalue weighted by molar-refractivity contribution is 6.31. The van der Waals surface area contributed by atoms with Gasteiger partial charge in [0.05, 0.1) is 23.4 Å². The van der Waals surface area contributed by atoms with Crippen molar-refractivity contribution in [3.05, 3.63) is 64.6 Å². The second kappa shape index (κ2) is 8.77. The third-order valence-electron chi connectivity index (χ3n) is 3.39. The van der Waals surface area contributed by atoms with Gasteiger partial charge in [0.25, 0.3) is 5.91 Å². The lowest BCUT2D eigenvalue weighted by Crippen LogP contribution is -2.35. The van der Waals surface area contributed by atoms with E-state index >= 15 is 0 Å². The monoisotopic (exact) mass is 401 g/mol. The maximum Gasteiger partial charge on any atom is 0.417 e. The largest absolute Gasteiger partial charge is 0.467 e. The van der Waals surface area contributed by atoms with Crippen LogP contribution in [0.1, 0.15) is 23.8 Å². The Morgan fingerprint density at radius 3 is 2.70 bits per heavy atom. The zero-order chi connectivity index (χ0) is 20.0. The lowest BCUT2D eigenvalue weighted by Gasteiger charge is -2.11. The standard InChI is InChI=1S/C18H15ClF3NO4/c1-11(17(25)23-10-13-3-2-8-26-13)27-16(24)7-5-12-4-6-15(19)14(9-12)18(20,21)22/h2-9,11H,10H2,1H3,(H,23,25)/b7-5+/t11-/m1/s1. The molecule has 27 heavy (non-hydrogen) atoms. The third-order valence-corrected chi connectivity index (χ3v) is 3.72. The molecule has 0 radical (unpaired) electrons. The molecule has 1 N–H and O–H groups in total. The topological polar surface area (TPSA) is 68.5 Å². The van der Waals surface area contributed by atoms with Crippen LogP contribution in [0.5, 0.6) is 0 Å². The number of nitrogens with one attached hydrogen (secondary N) is 1. The van der Waals surface area contributed by atoms with Crippen LogP contribution in [0.4, 0.5) is 13.2 Å². The van der Waals surface area contributed by atoms with Crippen molar-refractivity contribution in [2.75, 3.05) is 0 Å². The molecule has 0 spiro atoms. The molecule has 0 fully saturated rings. The molecule has 1 atom stereocenters. The smallest absolute Gasteiger partial charge is 0.417 e. The average Bonchev–Trinajstić information content (AvgIpc) is 3.11. The van der Waals surface area contributed by atoms with Crippen LogP contribution in [0.15, 0.2) is 47.1 Å². The fraction of sp³-hybridized carbons (Fsp3) is 0.222. The van der Waals surface area contributed by atoms with Crippen LogP contribution in [-0.2, 0) is 27.0 Å². The number of amides is 1. The molecule has 2 rings (SSSR count). The van der Waals surface area contributed by atoms with Crippen molar-refractivity contribution < 1.29 is 31.9 Å². The average molecular weight is 402 g/mol. The van der Waals surface area contributed by atoms with Gasteiger partial charge in [-0.1, -0.05) is 17.7 Å². The molecule has 9 heteroatoms. The minimum absolute atomic E-state index is 0.110. The summed E-state index contributed by atoms with van der Waals surface area (Å²) in [5, 5.41) is 2.08. The SMILES string of the molecule is C[C@@H](OC(=O)/C=C/c1ccc(Cl)c(C(F)(F)F)c1)C(=O)NCc1ccco1. The highest BCUT2D eigenvalue weighted by Gasteiger charge is 2.33. The van der Waals surface area contributed by atoms with Gasteiger partial charge < -0.3 is 14.5 Å². The molecular formula is C18H15ClF3NO4. The van der Waals surface area contributed by atoms with Crippen molar-refractivity contribution in [3.63, 3.8) is 0 Å². The van der Waals surface area contributed by atoms with Gasteiger partial charge in [-0.05, 0) is 42.8 Å². The lowest BCUT2D eigenvalue weighted by molar-refractivity contribution is -0.150. The van der Waals surface area contributed by atoms with Crippen LogP contribution in [0.25, 0.3) is 6.08 Å². The van der Waals surface area contributed by atoms with Crippen LogP contribution < -0.4 is 5.32 Å². The van der Waals surface area contributed by atoms with Crippen LogP contribution >= 0.6 is 11.6 Å². The van der Waals surface area contributed by atoms with Gasteiger partial charge in [0.2, 0.25) is 0 Å². The molecule has 1 amide bonds. The van der Waals surface area contributed by atoms with E-state index in [2.05, 4.69) is 5.32 Å². The Balaban J connectivity index is 1.91. The lowest BCUT2D eigenvalue weighted by atomic mass is 10.1. The summed E-state index contributed by atoms with van der Waals surface area (Å²) in [5.41, 5.74) is -0.899. The molecule has 0 aliphatic carbocycles. The van der Waals surface area contributed by atoms with E-state index in [1.54, 1.807) is 12.1 Å². The van der Waals surface area contributed by atoms with Gasteiger partial charge in [-0.15, -0.1) is 0 Å². The molecule has 144 valence electrons. The van der Waals surface area contributed by atoms with E-state index < -0.39 is 34.7 Å². The summed E-state index contributed by atoms with van der Waals surface area (Å²) in [4.78, 5) is 23.6. The number of rotatable bonds is 6. The fourth-order valence-electron chi connectivity index (χ4n) is 2.03. The number of carbonyl (C=O) groups excluding carboxylic acids is 2. The summed E-state index contributed by atoms with van der Waals surface area (Å²) in [6.45, 7) is 1.50. The molecule has 0 aliphatic rings. The number of halogens is 4. The van der Waals surface area contributed by atoms with Crippen LogP contribution in [0, 0.1) is 0 Å². The predicted molar refractivity (Wildman–Crippen MR) is 91.6 cm³/mol. The first-order valence-electron chi connectivity index (χ1n) is 7.72. The van der Waals surface area contributed by atoms with Crippen molar-refractivity contribution in [1.29, 1.82) is 0 Å². The number of carbonyl (C=O) groups is 2. The number of ether oxygens (including phenoxy) is 1. The summed E-state index contributed by atoms with van der Waals surface area (Å²) in [6, 6.07) is 6.55. The summed E-state index contributed by atoms with van der Waals surface area (Å²) in [5.74, 6) is -0.886. The quantitative estimate of drug-likeness (QED) is 0.581. The minimum Gasteiger partial charge on any atom is -0.467 e. The molecule has 1 aromatic heterocycles. The second-order valence-corrected chi connectivity index (χ2v) is 5.85. The number of hydrogen-bond acceptors (Lipinski definition) is 4. The first kappa shape index (κ1) is 20.6. The van der Waals surface area contributed by atoms with Crippen molar-refractivity contribution in [2.24, 2.45) is 0 Å². The first-order valence-corrected chi connectivity index (χ1v) is 8.10. The van der Waals surface area contributed by atoms with Gasteiger partial charge >= 0.3 is 12.1 Å². The summed E-state index contributed by atoms with van der Waals surface area (Å²) in [6.07, 6.45) is -2.17. The summed E-state index contributed by atoms with van der Waals surface area (Å²) < 4.78 is 48.4. The molecule has 1 aromatic carbocycles. The van der Waals surface area contributed by atoms with Crippen molar-refractivity contribution >= 4 is 29.6 Å². The Labute approximate surface area is 157 Å². The number of hydrogen-bond donors (Lipinski definition) is 1. The zero-order valence-electron chi connectivity index (χ0n) is 14.0. The van der Waals surface area contributed by atoms with E-state index in [1.165, 1.54) is 19.3 Å². The van der Waals surface area contributed by atoms with Gasteiger partial charge in [-0.2, -0.15) is 13.2 Å². The highest BCUT2D eigenvalue weighted by Crippen LogP contribution is 2.35. The Kier molecular flexibility index (Phi) is 6.68. The Hall–Kier alpha value is -2.74. The Morgan fingerprint density at radius 2 is 2.07 bits per heavy atom. The van der Waals surface area contributed by atoms with E-state index in [9.17, 15) is 22.8 Å². The van der Waals surface area contributed by atoms with E-state index in [0.29, 0.717) is 5.76 Å². The number of furan rings is 1. The van der Waals surface area contributed by atoms with Crippen LogP contribution in [-0.4, -0.2) is 18.0 Å². The Morgan fingerprint density at radius 1 is 1.33 bits per heavy atom. The molecule has 0 unspecified atom stereocenters. The van der Waals surface area contributed by atoms with E-state index in [0.717, 1.165) is 24.3 Å². The van der Waals surface area contributed by atoms with E-state index in [1.807, 2.05) is 0 Å². The van der Waals surface area contributed by atoms with Gasteiger partial charge in [0.1, 0.15) is 5.76 Å². The number of alkyl halides is 3. The molecule has 5 nitrogen and oxygen atoms in total. The zero-order valence-corrected chi connectivity index (χ0v) is 14.8. The van der Waals surface area contributed by atoms with Gasteiger partial charge in [0.15, 0.2) is 6.10 Å². The van der Waals surface area contributed by atoms with Crippen LogP contribution in [0.2, 0.25) is 5.02 Å². The van der Waals surface area contributed by atoms with Crippen LogP contribution in [0.3, 0.4) is 0 Å². The van der Waals surface area contributed by atoms with E-state index in [-0.39, 0.29) is 12.1 Å². The van der Waals surface area contributed by atoms with E-state index in [4.69, 9.17) is 20.8 Å². The van der Waals surface area contributed by atoms with Gasteiger partial charge in [0, 0.05) is 6.08 Å². The second-order valence-electron chi connectivity index (χ2n) is 5.45. The predicted octanol–water partition coefficient (Wildman–Crippen LogP) is 4.21. The third kappa shape index (κ3) is 6.18. The normalized spacial score (nSPS) is 12.8.